The molecule has 0 saturated heterocycles. The number of imidazole rings is 1. The lowest BCUT2D eigenvalue weighted by Gasteiger charge is -2.31. The molecule has 0 radical (unpaired) electrons. The number of rotatable bonds is 5. The Morgan fingerprint density at radius 3 is 2.80 bits per heavy atom. The summed E-state index contributed by atoms with van der Waals surface area (Å²) in [5.74, 6) is 0.874. The molecule has 0 amide bonds. The molecule has 0 bridgehead atoms. The van der Waals surface area contributed by atoms with Crippen LogP contribution < -0.4 is 10.2 Å². The van der Waals surface area contributed by atoms with Crippen molar-refractivity contribution < 1.29 is 9.50 Å². The number of aromatic nitrogens is 5. The van der Waals surface area contributed by atoms with Gasteiger partial charge in [-0.15, -0.1) is 10.2 Å². The minimum Gasteiger partial charge on any atom is -0.507 e. The molecule has 1 aliphatic rings. The lowest BCUT2D eigenvalue weighted by molar-refractivity contribution is 0.257. The van der Waals surface area contributed by atoms with Gasteiger partial charge in [-0.2, -0.15) is 0 Å². The van der Waals surface area contributed by atoms with E-state index in [1.54, 1.807) is 41.6 Å². The fourth-order valence-corrected chi connectivity index (χ4v) is 3.98. The van der Waals surface area contributed by atoms with Gasteiger partial charge in [0.2, 0.25) is 0 Å². The molecule has 9 heteroatoms. The molecule has 3 aromatic rings. The number of phenolic OH excluding ortho intramolecular Hbond substituents is 1. The molecule has 30 heavy (non-hydrogen) atoms. The highest BCUT2D eigenvalue weighted by Crippen LogP contribution is 2.30. The van der Waals surface area contributed by atoms with Gasteiger partial charge < -0.3 is 19.9 Å². The van der Waals surface area contributed by atoms with Crippen molar-refractivity contribution in [3.8, 4) is 22.8 Å². The first-order chi connectivity index (χ1) is 14.6. The third-order valence-corrected chi connectivity index (χ3v) is 5.82. The van der Waals surface area contributed by atoms with Crippen molar-refractivity contribution in [3.63, 3.8) is 0 Å². The van der Waals surface area contributed by atoms with Gasteiger partial charge in [0.25, 0.3) is 0 Å². The monoisotopic (exact) mass is 411 g/mol. The van der Waals surface area contributed by atoms with Crippen LogP contribution in [0.3, 0.4) is 0 Å². The number of alkyl halides is 1. The molecule has 2 heterocycles. The molecule has 3 atom stereocenters. The normalized spacial score (nSPS) is 21.9. The number of nitrogens with one attached hydrogen (secondary N) is 1. The molecule has 1 saturated carbocycles. The smallest absolute Gasteiger partial charge is 0.185 e. The maximum atomic E-state index is 14.7. The highest BCUT2D eigenvalue weighted by Gasteiger charge is 2.31. The summed E-state index contributed by atoms with van der Waals surface area (Å²) < 4.78 is 16.5. The van der Waals surface area contributed by atoms with Gasteiger partial charge in [-0.1, -0.05) is 0 Å². The van der Waals surface area contributed by atoms with E-state index in [-0.39, 0.29) is 17.8 Å². The number of aromatic hydroxyl groups is 1. The zero-order valence-corrected chi connectivity index (χ0v) is 17.1. The van der Waals surface area contributed by atoms with Gasteiger partial charge in [0.15, 0.2) is 11.6 Å². The van der Waals surface area contributed by atoms with Gasteiger partial charge in [-0.25, -0.2) is 14.4 Å². The molecule has 158 valence electrons. The Bertz CT molecular complexity index is 964. The van der Waals surface area contributed by atoms with Crippen LogP contribution in [0.5, 0.6) is 5.75 Å². The molecule has 4 rings (SSSR count). The molecule has 2 aromatic heterocycles. The lowest BCUT2D eigenvalue weighted by Crippen LogP contribution is -2.43. The van der Waals surface area contributed by atoms with E-state index in [1.165, 1.54) is 0 Å². The summed E-state index contributed by atoms with van der Waals surface area (Å²) in [6.45, 7) is 0. The molecule has 8 nitrogen and oxygen atoms in total. The van der Waals surface area contributed by atoms with Crippen molar-refractivity contribution in [3.05, 3.63) is 43.1 Å². The molecule has 2 N–H and O–H groups in total. The van der Waals surface area contributed by atoms with Crippen LogP contribution in [0.1, 0.15) is 25.7 Å². The Labute approximate surface area is 174 Å². The van der Waals surface area contributed by atoms with Crippen LogP contribution in [-0.2, 0) is 0 Å². The Morgan fingerprint density at radius 2 is 2.13 bits per heavy atom. The van der Waals surface area contributed by atoms with Gasteiger partial charge >= 0.3 is 0 Å². The summed E-state index contributed by atoms with van der Waals surface area (Å²) in [6, 6.07) is 5.21. The Balaban J connectivity index is 1.54. The number of phenols is 1. The van der Waals surface area contributed by atoms with Crippen LogP contribution in [-0.4, -0.2) is 62.2 Å². The molecule has 1 fully saturated rings. The fourth-order valence-electron chi connectivity index (χ4n) is 3.98. The third-order valence-electron chi connectivity index (χ3n) is 5.82. The number of halogens is 1. The quantitative estimate of drug-likeness (QED) is 0.624. The van der Waals surface area contributed by atoms with E-state index in [2.05, 4.69) is 25.5 Å². The molecule has 1 aliphatic carbocycles. The van der Waals surface area contributed by atoms with E-state index in [1.807, 2.05) is 25.1 Å². The standard InChI is InChI=1S/C21H26FN7O/c1-23-14-4-3-5-17(22)18(10-14)28(2)20-12-25-21(27-26-20)16-7-6-15(11-19(16)30)29-9-8-24-13-29/h6-9,11-14,17-18,23,30H,3-5,10H2,1-2H3/t14?,17?,18-/m0/s1. The maximum absolute atomic E-state index is 14.7. The van der Waals surface area contributed by atoms with Crippen molar-refractivity contribution >= 4 is 5.82 Å². The van der Waals surface area contributed by atoms with Gasteiger partial charge in [0, 0.05) is 31.5 Å². The largest absolute Gasteiger partial charge is 0.507 e. The topological polar surface area (TPSA) is 92.0 Å². The van der Waals surface area contributed by atoms with E-state index >= 15 is 0 Å². The molecule has 0 spiro atoms. The zero-order valence-electron chi connectivity index (χ0n) is 17.1. The van der Waals surface area contributed by atoms with Gasteiger partial charge in [0.05, 0.1) is 29.8 Å². The van der Waals surface area contributed by atoms with Crippen LogP contribution in [0.4, 0.5) is 10.2 Å². The predicted molar refractivity (Wildman–Crippen MR) is 112 cm³/mol. The minimum absolute atomic E-state index is 0.0496. The summed E-state index contributed by atoms with van der Waals surface area (Å²) in [5.41, 5.74) is 1.26. The van der Waals surface area contributed by atoms with E-state index in [0.29, 0.717) is 30.0 Å². The lowest BCUT2D eigenvalue weighted by atomic mass is 10.0. The highest BCUT2D eigenvalue weighted by molar-refractivity contribution is 5.66. The van der Waals surface area contributed by atoms with E-state index < -0.39 is 6.17 Å². The SMILES string of the molecule is CNC1CCCC(F)[C@@H](N(C)c2cnc(-c3ccc(-n4ccnc4)cc3O)nn2)C1. The average Bonchev–Trinajstić information content (AvgIpc) is 3.24. The average molecular weight is 411 g/mol. The number of hydrogen-bond acceptors (Lipinski definition) is 7. The fraction of sp³-hybridized carbons (Fsp3) is 0.429. The summed E-state index contributed by atoms with van der Waals surface area (Å²) in [5, 5.41) is 22.2. The number of anilines is 1. The number of hydrogen-bond donors (Lipinski definition) is 2. The van der Waals surface area contributed by atoms with Crippen LogP contribution in [0.2, 0.25) is 0 Å². The first-order valence-corrected chi connectivity index (χ1v) is 10.1. The van der Waals surface area contributed by atoms with E-state index in [0.717, 1.165) is 18.5 Å². The van der Waals surface area contributed by atoms with Crippen LogP contribution >= 0.6 is 0 Å². The maximum Gasteiger partial charge on any atom is 0.185 e. The van der Waals surface area contributed by atoms with Crippen molar-refractivity contribution in [2.45, 2.75) is 43.9 Å². The number of nitrogens with zero attached hydrogens (tertiary/aromatic N) is 6. The van der Waals surface area contributed by atoms with Crippen molar-refractivity contribution in [2.75, 3.05) is 19.0 Å². The first-order valence-electron chi connectivity index (χ1n) is 10.1. The minimum atomic E-state index is -0.922. The Hall–Kier alpha value is -3.07. The predicted octanol–water partition coefficient (Wildman–Crippen LogP) is 2.73. The first kappa shape index (κ1) is 20.2. The molecule has 1 aromatic carbocycles. The zero-order chi connectivity index (χ0) is 21.1. The van der Waals surface area contributed by atoms with E-state index in [4.69, 9.17) is 0 Å². The Morgan fingerprint density at radius 1 is 1.27 bits per heavy atom. The summed E-state index contributed by atoms with van der Waals surface area (Å²) in [4.78, 5) is 10.2. The van der Waals surface area contributed by atoms with Crippen molar-refractivity contribution in [1.82, 2.24) is 30.0 Å². The second-order valence-corrected chi connectivity index (χ2v) is 7.66. The highest BCUT2D eigenvalue weighted by atomic mass is 19.1. The summed E-state index contributed by atoms with van der Waals surface area (Å²) in [7, 11) is 3.75. The van der Waals surface area contributed by atoms with Gasteiger partial charge in [-0.3, -0.25) is 0 Å². The molecule has 0 aliphatic heterocycles. The summed E-state index contributed by atoms with van der Waals surface area (Å²) >= 11 is 0. The Kier molecular flexibility index (Phi) is 5.89. The number of benzene rings is 1. The van der Waals surface area contributed by atoms with E-state index in [9.17, 15) is 9.50 Å². The van der Waals surface area contributed by atoms with Gasteiger partial charge in [0.1, 0.15) is 11.9 Å². The van der Waals surface area contributed by atoms with Crippen molar-refractivity contribution in [1.29, 1.82) is 0 Å². The molecule has 2 unspecified atom stereocenters. The second kappa shape index (κ2) is 8.74. The van der Waals surface area contributed by atoms with Crippen LogP contribution in [0.15, 0.2) is 43.1 Å². The summed E-state index contributed by atoms with van der Waals surface area (Å²) in [6.07, 6.45) is 8.86. The molecular formula is C21H26FN7O. The van der Waals surface area contributed by atoms with Gasteiger partial charge in [-0.05, 0) is 44.9 Å². The second-order valence-electron chi connectivity index (χ2n) is 7.66. The van der Waals surface area contributed by atoms with Crippen LogP contribution in [0.25, 0.3) is 17.1 Å². The van der Waals surface area contributed by atoms with Crippen LogP contribution in [0, 0.1) is 0 Å². The third kappa shape index (κ3) is 4.11. The van der Waals surface area contributed by atoms with Crippen molar-refractivity contribution in [2.24, 2.45) is 0 Å². The molecular weight excluding hydrogens is 385 g/mol.